The van der Waals surface area contributed by atoms with E-state index >= 15 is 0 Å². The number of aromatic nitrogens is 1. The van der Waals surface area contributed by atoms with Crippen molar-refractivity contribution >= 4 is 11.6 Å². The quantitative estimate of drug-likeness (QED) is 0.623. The highest BCUT2D eigenvalue weighted by Gasteiger charge is 2.33. The second-order valence-electron chi connectivity index (χ2n) is 5.70. The number of amides is 1. The molecule has 2 aromatic rings. The highest BCUT2D eigenvalue weighted by atomic mass is 16.6. The number of hydrogen-bond acceptors (Lipinski definition) is 6. The van der Waals surface area contributed by atoms with Gasteiger partial charge < -0.3 is 9.64 Å². The van der Waals surface area contributed by atoms with Crippen LogP contribution in [0, 0.1) is 28.4 Å². The maximum absolute atomic E-state index is 12.4. The van der Waals surface area contributed by atoms with Gasteiger partial charge in [-0.1, -0.05) is 6.07 Å². The number of hydrogen-bond donors (Lipinski definition) is 0. The van der Waals surface area contributed by atoms with E-state index in [4.69, 9.17) is 10.00 Å². The third kappa shape index (κ3) is 3.40. The van der Waals surface area contributed by atoms with Crippen molar-refractivity contribution in [1.82, 2.24) is 9.88 Å². The molecule has 1 aliphatic rings. The number of nitro groups is 1. The lowest BCUT2D eigenvalue weighted by Gasteiger charge is -2.38. The van der Waals surface area contributed by atoms with Gasteiger partial charge in [0.05, 0.1) is 29.6 Å². The van der Waals surface area contributed by atoms with Crippen molar-refractivity contribution in [2.24, 2.45) is 0 Å². The van der Waals surface area contributed by atoms with Gasteiger partial charge >= 0.3 is 0 Å². The summed E-state index contributed by atoms with van der Waals surface area (Å²) in [5.41, 5.74) is 1.16. The molecule has 2 heterocycles. The molecule has 1 aromatic heterocycles. The highest BCUT2D eigenvalue weighted by Crippen LogP contribution is 2.23. The molecule has 0 saturated carbocycles. The predicted octanol–water partition coefficient (Wildman–Crippen LogP) is 2.07. The van der Waals surface area contributed by atoms with Crippen molar-refractivity contribution in [3.63, 3.8) is 0 Å². The summed E-state index contributed by atoms with van der Waals surface area (Å²) in [5.74, 6) is 0.0591. The van der Waals surface area contributed by atoms with E-state index in [-0.39, 0.29) is 23.3 Å². The molecule has 1 fully saturated rings. The molecule has 25 heavy (non-hydrogen) atoms. The van der Waals surface area contributed by atoms with Crippen LogP contribution in [0.5, 0.6) is 5.88 Å². The van der Waals surface area contributed by atoms with Crippen LogP contribution in [0.3, 0.4) is 0 Å². The van der Waals surface area contributed by atoms with E-state index in [0.717, 1.165) is 0 Å². The number of nitro benzene ring substituents is 1. The van der Waals surface area contributed by atoms with Crippen molar-refractivity contribution in [1.29, 1.82) is 5.26 Å². The van der Waals surface area contributed by atoms with Crippen LogP contribution < -0.4 is 4.74 Å². The lowest BCUT2D eigenvalue weighted by atomic mass is 10.1. The Balaban J connectivity index is 1.62. The van der Waals surface area contributed by atoms with Gasteiger partial charge in [-0.25, -0.2) is 4.98 Å². The second-order valence-corrected chi connectivity index (χ2v) is 5.70. The van der Waals surface area contributed by atoms with Gasteiger partial charge in [-0.2, -0.15) is 5.26 Å². The van der Waals surface area contributed by atoms with E-state index in [0.29, 0.717) is 30.1 Å². The summed E-state index contributed by atoms with van der Waals surface area (Å²) in [6.45, 7) is 2.35. The van der Waals surface area contributed by atoms with Crippen molar-refractivity contribution < 1.29 is 14.5 Å². The third-order valence-corrected chi connectivity index (χ3v) is 3.94. The second kappa shape index (κ2) is 6.57. The lowest BCUT2D eigenvalue weighted by molar-refractivity contribution is -0.385. The summed E-state index contributed by atoms with van der Waals surface area (Å²) in [6.07, 6.45) is 1.27. The summed E-state index contributed by atoms with van der Waals surface area (Å²) >= 11 is 0. The minimum atomic E-state index is -0.498. The van der Waals surface area contributed by atoms with Gasteiger partial charge in [0.2, 0.25) is 5.88 Å². The fourth-order valence-electron chi connectivity index (χ4n) is 2.51. The van der Waals surface area contributed by atoms with Gasteiger partial charge in [0.1, 0.15) is 6.10 Å². The van der Waals surface area contributed by atoms with Crippen molar-refractivity contribution in [3.8, 4) is 11.9 Å². The van der Waals surface area contributed by atoms with E-state index in [1.807, 2.05) is 6.07 Å². The Bertz CT molecular complexity index is 884. The SMILES string of the molecule is Cc1ccc(C(=O)N2CC(Oc3cc(C#N)ccn3)C2)cc1[N+](=O)[O-]. The van der Waals surface area contributed by atoms with Crippen LogP contribution >= 0.6 is 0 Å². The van der Waals surface area contributed by atoms with Gasteiger partial charge in [0.15, 0.2) is 0 Å². The van der Waals surface area contributed by atoms with Crippen LogP contribution in [-0.4, -0.2) is 39.9 Å². The number of pyridine rings is 1. The minimum Gasteiger partial charge on any atom is -0.471 e. The molecule has 1 amide bonds. The number of ether oxygens (including phenoxy) is 1. The monoisotopic (exact) mass is 338 g/mol. The van der Waals surface area contributed by atoms with Crippen LogP contribution in [0.2, 0.25) is 0 Å². The average Bonchev–Trinajstić information content (AvgIpc) is 2.57. The number of benzene rings is 1. The summed E-state index contributed by atoms with van der Waals surface area (Å²) < 4.78 is 5.63. The lowest BCUT2D eigenvalue weighted by Crippen LogP contribution is -2.56. The van der Waals surface area contributed by atoms with Crippen LogP contribution in [-0.2, 0) is 0 Å². The van der Waals surface area contributed by atoms with E-state index in [1.165, 1.54) is 18.3 Å². The standard InChI is InChI=1S/C17H14N4O4/c1-11-2-3-13(7-15(11)21(23)24)17(22)20-9-14(10-20)25-16-6-12(8-18)4-5-19-16/h2-7,14H,9-10H2,1H3. The Morgan fingerprint density at radius 1 is 1.40 bits per heavy atom. The normalized spacial score (nSPS) is 13.7. The first-order valence-corrected chi connectivity index (χ1v) is 7.55. The number of likely N-dealkylation sites (tertiary alicyclic amines) is 1. The first-order valence-electron chi connectivity index (χ1n) is 7.55. The predicted molar refractivity (Wildman–Crippen MR) is 87.1 cm³/mol. The number of carbonyl (C=O) groups is 1. The Labute approximate surface area is 143 Å². The van der Waals surface area contributed by atoms with E-state index < -0.39 is 4.92 Å². The fourth-order valence-corrected chi connectivity index (χ4v) is 2.51. The molecule has 0 spiro atoms. The third-order valence-electron chi connectivity index (χ3n) is 3.94. The number of rotatable bonds is 4. The summed E-state index contributed by atoms with van der Waals surface area (Å²) in [7, 11) is 0. The topological polar surface area (TPSA) is 109 Å². The van der Waals surface area contributed by atoms with Gasteiger partial charge in [0, 0.05) is 29.5 Å². The Morgan fingerprint density at radius 3 is 2.84 bits per heavy atom. The Kier molecular flexibility index (Phi) is 4.31. The van der Waals surface area contributed by atoms with Gasteiger partial charge in [-0.3, -0.25) is 14.9 Å². The molecule has 1 aliphatic heterocycles. The highest BCUT2D eigenvalue weighted by molar-refractivity contribution is 5.95. The number of aryl methyl sites for hydroxylation is 1. The molecular weight excluding hydrogens is 324 g/mol. The zero-order valence-corrected chi connectivity index (χ0v) is 13.4. The maximum Gasteiger partial charge on any atom is 0.273 e. The molecule has 8 heteroatoms. The van der Waals surface area contributed by atoms with Crippen LogP contribution in [0.15, 0.2) is 36.5 Å². The Hall–Kier alpha value is -3.47. The maximum atomic E-state index is 12.4. The molecule has 0 radical (unpaired) electrons. The molecule has 1 saturated heterocycles. The van der Waals surface area contributed by atoms with Crippen LogP contribution in [0.4, 0.5) is 5.69 Å². The van der Waals surface area contributed by atoms with E-state index in [1.54, 1.807) is 30.0 Å². The van der Waals surface area contributed by atoms with E-state index in [9.17, 15) is 14.9 Å². The molecule has 0 N–H and O–H groups in total. The largest absolute Gasteiger partial charge is 0.471 e. The number of nitrogens with zero attached hydrogens (tertiary/aromatic N) is 4. The first-order chi connectivity index (χ1) is 12.0. The van der Waals surface area contributed by atoms with Gasteiger partial charge in [-0.05, 0) is 19.1 Å². The van der Waals surface area contributed by atoms with Gasteiger partial charge in [-0.15, -0.1) is 0 Å². The number of carbonyl (C=O) groups excluding carboxylic acids is 1. The molecule has 0 unspecified atom stereocenters. The van der Waals surface area contributed by atoms with Gasteiger partial charge in [0.25, 0.3) is 11.6 Å². The van der Waals surface area contributed by atoms with Crippen LogP contribution in [0.1, 0.15) is 21.5 Å². The smallest absolute Gasteiger partial charge is 0.273 e. The molecule has 8 nitrogen and oxygen atoms in total. The fraction of sp³-hybridized carbons (Fsp3) is 0.235. The van der Waals surface area contributed by atoms with Crippen molar-refractivity contribution in [3.05, 3.63) is 63.3 Å². The molecular formula is C17H14N4O4. The molecule has 0 aliphatic carbocycles. The zero-order valence-electron chi connectivity index (χ0n) is 13.4. The first kappa shape index (κ1) is 16.4. The van der Waals surface area contributed by atoms with Crippen molar-refractivity contribution in [2.45, 2.75) is 13.0 Å². The minimum absolute atomic E-state index is 0.0725. The molecule has 1 aromatic carbocycles. The average molecular weight is 338 g/mol. The summed E-state index contributed by atoms with van der Waals surface area (Å²) in [6, 6.07) is 9.56. The molecule has 3 rings (SSSR count). The molecule has 0 bridgehead atoms. The Morgan fingerprint density at radius 2 is 2.16 bits per heavy atom. The van der Waals surface area contributed by atoms with E-state index in [2.05, 4.69) is 4.98 Å². The molecule has 126 valence electrons. The number of nitriles is 1. The molecule has 0 atom stereocenters. The summed E-state index contributed by atoms with van der Waals surface area (Å²) in [5, 5.41) is 19.8. The zero-order chi connectivity index (χ0) is 18.0. The van der Waals surface area contributed by atoms with Crippen LogP contribution in [0.25, 0.3) is 0 Å². The summed E-state index contributed by atoms with van der Waals surface area (Å²) in [4.78, 5) is 28.5. The van der Waals surface area contributed by atoms with Crippen molar-refractivity contribution in [2.75, 3.05) is 13.1 Å².